The summed E-state index contributed by atoms with van der Waals surface area (Å²) in [5.41, 5.74) is 0. The van der Waals surface area contributed by atoms with Gasteiger partial charge in [0.15, 0.2) is 0 Å². The maximum Gasteiger partial charge on any atom is 0.469 e. The average Bonchev–Trinajstić information content (AvgIpc) is 2.28. The lowest BCUT2D eigenvalue weighted by Crippen LogP contribution is -2.21. The standard InChI is InChI=1S/C7H16BO5P/c1-4-5(2)7(8)13-6(4)3-12-14(9,10)11/h4-7H,3,8H2,1-2H3,(H2,9,10,11). The molecule has 5 nitrogen and oxygen atoms in total. The van der Waals surface area contributed by atoms with Crippen LogP contribution in [0.1, 0.15) is 13.8 Å². The van der Waals surface area contributed by atoms with Crippen LogP contribution in [0.3, 0.4) is 0 Å². The van der Waals surface area contributed by atoms with Gasteiger partial charge < -0.3 is 14.5 Å². The summed E-state index contributed by atoms with van der Waals surface area (Å²) in [5, 5.41) is 0. The molecule has 1 rings (SSSR count). The molecule has 0 aromatic rings. The monoisotopic (exact) mass is 222 g/mol. The Morgan fingerprint density at radius 1 is 1.43 bits per heavy atom. The second-order valence-corrected chi connectivity index (χ2v) is 5.12. The number of hydrogen-bond donors (Lipinski definition) is 2. The van der Waals surface area contributed by atoms with Crippen LogP contribution in [0.2, 0.25) is 0 Å². The van der Waals surface area contributed by atoms with E-state index in [1.807, 2.05) is 14.8 Å². The van der Waals surface area contributed by atoms with Gasteiger partial charge in [-0.3, -0.25) is 4.52 Å². The van der Waals surface area contributed by atoms with Crippen molar-refractivity contribution in [2.75, 3.05) is 6.61 Å². The Morgan fingerprint density at radius 3 is 2.36 bits per heavy atom. The van der Waals surface area contributed by atoms with Crippen molar-refractivity contribution in [1.82, 2.24) is 0 Å². The first-order chi connectivity index (χ1) is 6.31. The molecular weight excluding hydrogens is 206 g/mol. The number of phosphoric ester groups is 1. The molecule has 0 aromatic heterocycles. The van der Waals surface area contributed by atoms with Crippen molar-refractivity contribution < 1.29 is 23.6 Å². The van der Waals surface area contributed by atoms with Crippen LogP contribution in [0.4, 0.5) is 0 Å². The van der Waals surface area contributed by atoms with Crippen molar-refractivity contribution in [3.05, 3.63) is 0 Å². The van der Waals surface area contributed by atoms with E-state index >= 15 is 0 Å². The van der Waals surface area contributed by atoms with E-state index in [2.05, 4.69) is 11.4 Å². The molecule has 1 aliphatic heterocycles. The first-order valence-corrected chi connectivity index (χ1v) is 6.20. The van der Waals surface area contributed by atoms with Crippen LogP contribution in [0.15, 0.2) is 0 Å². The van der Waals surface area contributed by atoms with E-state index in [1.165, 1.54) is 0 Å². The van der Waals surface area contributed by atoms with E-state index in [-0.39, 0.29) is 24.6 Å². The molecule has 0 radical (unpaired) electrons. The molecule has 1 fully saturated rings. The summed E-state index contributed by atoms with van der Waals surface area (Å²) in [7, 11) is -2.41. The Hall–Kier alpha value is 0.135. The zero-order chi connectivity index (χ0) is 10.9. The van der Waals surface area contributed by atoms with Gasteiger partial charge in [0.1, 0.15) is 7.85 Å². The van der Waals surface area contributed by atoms with Gasteiger partial charge in [0.05, 0.1) is 12.7 Å². The third-order valence-corrected chi connectivity index (χ3v) is 3.44. The van der Waals surface area contributed by atoms with Gasteiger partial charge in [0.2, 0.25) is 0 Å². The van der Waals surface area contributed by atoms with Gasteiger partial charge in [-0.25, -0.2) is 4.57 Å². The lowest BCUT2D eigenvalue weighted by atomic mass is 9.82. The van der Waals surface area contributed by atoms with Crippen molar-refractivity contribution in [3.8, 4) is 0 Å². The molecule has 2 N–H and O–H groups in total. The second-order valence-electron chi connectivity index (χ2n) is 3.88. The molecule has 4 atom stereocenters. The molecule has 7 heteroatoms. The molecule has 4 unspecified atom stereocenters. The van der Waals surface area contributed by atoms with Gasteiger partial charge in [-0.05, 0) is 11.8 Å². The molecule has 1 heterocycles. The Kier molecular flexibility index (Phi) is 3.78. The molecule has 0 aliphatic carbocycles. The highest BCUT2D eigenvalue weighted by Gasteiger charge is 2.37. The van der Waals surface area contributed by atoms with Crippen molar-refractivity contribution in [3.63, 3.8) is 0 Å². The number of ether oxygens (including phenoxy) is 1. The number of phosphoric acid groups is 1. The third-order valence-electron chi connectivity index (χ3n) is 2.95. The van der Waals surface area contributed by atoms with Crippen molar-refractivity contribution in [1.29, 1.82) is 0 Å². The molecule has 82 valence electrons. The van der Waals surface area contributed by atoms with Gasteiger partial charge in [-0.2, -0.15) is 0 Å². The number of hydrogen-bond acceptors (Lipinski definition) is 3. The predicted octanol–water partition coefficient (Wildman–Crippen LogP) is -0.274. The molecule has 14 heavy (non-hydrogen) atoms. The fourth-order valence-electron chi connectivity index (χ4n) is 1.65. The molecule has 0 amide bonds. The Labute approximate surface area is 84.4 Å². The second kappa shape index (κ2) is 4.33. The van der Waals surface area contributed by atoms with Crippen LogP contribution in [-0.2, 0) is 13.8 Å². The van der Waals surface area contributed by atoms with Crippen LogP contribution in [0.5, 0.6) is 0 Å². The maximum absolute atomic E-state index is 10.5. The van der Waals surface area contributed by atoms with E-state index in [9.17, 15) is 4.57 Å². The molecule has 0 spiro atoms. The Morgan fingerprint density at radius 2 is 2.00 bits per heavy atom. The van der Waals surface area contributed by atoms with Crippen LogP contribution < -0.4 is 0 Å². The molecule has 0 aromatic carbocycles. The minimum absolute atomic E-state index is 0.0415. The third kappa shape index (κ3) is 3.07. The van der Waals surface area contributed by atoms with E-state index in [4.69, 9.17) is 14.5 Å². The fourth-order valence-corrected chi connectivity index (χ4v) is 1.99. The van der Waals surface area contributed by atoms with Gasteiger partial charge in [-0.1, -0.05) is 13.8 Å². The summed E-state index contributed by atoms with van der Waals surface area (Å²) in [6.07, 6.45) is -0.215. The summed E-state index contributed by atoms with van der Waals surface area (Å²) >= 11 is 0. The highest BCUT2D eigenvalue weighted by Crippen LogP contribution is 2.38. The summed E-state index contributed by atoms with van der Waals surface area (Å²) < 4.78 is 20.4. The van der Waals surface area contributed by atoms with Crippen LogP contribution in [0.25, 0.3) is 0 Å². The SMILES string of the molecule is BC1OC(COP(=O)(O)O)C(C)C1C. The minimum Gasteiger partial charge on any atom is -0.381 e. The van der Waals surface area contributed by atoms with Crippen molar-refractivity contribution in [2.45, 2.75) is 26.0 Å². The lowest BCUT2D eigenvalue weighted by Gasteiger charge is -2.16. The summed E-state index contributed by atoms with van der Waals surface area (Å²) in [6.45, 7) is 4.02. The zero-order valence-electron chi connectivity index (χ0n) is 8.58. The normalized spacial score (nSPS) is 38.9. The summed E-state index contributed by atoms with van der Waals surface area (Å²) in [4.78, 5) is 17.1. The van der Waals surface area contributed by atoms with Crippen molar-refractivity contribution in [2.24, 2.45) is 11.8 Å². The van der Waals surface area contributed by atoms with Gasteiger partial charge >= 0.3 is 7.82 Å². The van der Waals surface area contributed by atoms with Gasteiger partial charge in [0, 0.05) is 6.00 Å². The largest absolute Gasteiger partial charge is 0.469 e. The zero-order valence-corrected chi connectivity index (χ0v) is 9.48. The Balaban J connectivity index is 2.44. The fraction of sp³-hybridized carbons (Fsp3) is 1.00. The summed E-state index contributed by atoms with van der Waals surface area (Å²) in [6, 6.07) is 0.121. The van der Waals surface area contributed by atoms with Gasteiger partial charge in [0.25, 0.3) is 0 Å². The first kappa shape index (κ1) is 12.2. The molecule has 1 aliphatic rings. The van der Waals surface area contributed by atoms with E-state index < -0.39 is 7.82 Å². The number of rotatable bonds is 3. The first-order valence-electron chi connectivity index (χ1n) is 4.67. The molecular formula is C7H16BO5P. The average molecular weight is 222 g/mol. The quantitative estimate of drug-likeness (QED) is 0.507. The molecule has 0 saturated carbocycles. The van der Waals surface area contributed by atoms with Gasteiger partial charge in [-0.15, -0.1) is 0 Å². The highest BCUT2D eigenvalue weighted by molar-refractivity contribution is 7.46. The molecule has 1 saturated heterocycles. The van der Waals surface area contributed by atoms with Crippen LogP contribution in [-0.4, -0.2) is 36.3 Å². The topological polar surface area (TPSA) is 76.0 Å². The molecule has 0 bridgehead atoms. The van der Waals surface area contributed by atoms with Crippen molar-refractivity contribution >= 4 is 15.7 Å². The highest BCUT2D eigenvalue weighted by atomic mass is 31.2. The van der Waals surface area contributed by atoms with E-state index in [0.29, 0.717) is 5.92 Å². The minimum atomic E-state index is -4.36. The van der Waals surface area contributed by atoms with Crippen LogP contribution in [0, 0.1) is 11.8 Å². The maximum atomic E-state index is 10.5. The summed E-state index contributed by atoms with van der Waals surface area (Å²) in [5.74, 6) is 0.650. The van der Waals surface area contributed by atoms with Crippen LogP contribution >= 0.6 is 7.82 Å². The van der Waals surface area contributed by atoms with E-state index in [0.717, 1.165) is 0 Å². The van der Waals surface area contributed by atoms with E-state index in [1.54, 1.807) is 0 Å². The predicted molar refractivity (Wildman–Crippen MR) is 53.5 cm³/mol. The Bertz CT molecular complexity index is 242. The lowest BCUT2D eigenvalue weighted by molar-refractivity contribution is 0.0267. The smallest absolute Gasteiger partial charge is 0.381 e.